The molecule has 0 radical (unpaired) electrons. The van der Waals surface area contributed by atoms with Crippen LogP contribution in [0.1, 0.15) is 32.5 Å². The summed E-state index contributed by atoms with van der Waals surface area (Å²) in [6, 6.07) is 0. The van der Waals surface area contributed by atoms with Crippen LogP contribution in [0.5, 0.6) is 0 Å². The molecule has 0 aliphatic rings. The molecular formula is C11H21N3O. The Bertz CT molecular complexity index is 294. The monoisotopic (exact) mass is 211 g/mol. The lowest BCUT2D eigenvalue weighted by molar-refractivity contribution is 0.0551. The molecule has 0 saturated carbocycles. The highest BCUT2D eigenvalue weighted by Crippen LogP contribution is 2.10. The zero-order chi connectivity index (χ0) is 11.3. The summed E-state index contributed by atoms with van der Waals surface area (Å²) in [4.78, 5) is 4.28. The number of nitrogens with zero attached hydrogens (tertiary/aromatic N) is 2. The van der Waals surface area contributed by atoms with Crippen LogP contribution in [0, 0.1) is 0 Å². The van der Waals surface area contributed by atoms with E-state index in [-0.39, 0.29) is 0 Å². The molecule has 0 aliphatic carbocycles. The Kier molecular flexibility index (Phi) is 4.29. The molecule has 0 saturated heterocycles. The number of nitrogens with two attached hydrogens (primary N) is 1. The highest BCUT2D eigenvalue weighted by atomic mass is 16.3. The van der Waals surface area contributed by atoms with Crippen molar-refractivity contribution in [3.8, 4) is 0 Å². The van der Waals surface area contributed by atoms with Crippen molar-refractivity contribution in [3.05, 3.63) is 18.2 Å². The summed E-state index contributed by atoms with van der Waals surface area (Å²) < 4.78 is 2.09. The first-order chi connectivity index (χ1) is 7.09. The number of hydrogen-bond donors (Lipinski definition) is 2. The molecule has 0 spiro atoms. The minimum Gasteiger partial charge on any atom is -0.389 e. The van der Waals surface area contributed by atoms with Crippen molar-refractivity contribution in [1.29, 1.82) is 0 Å². The van der Waals surface area contributed by atoms with E-state index in [9.17, 15) is 5.11 Å². The van der Waals surface area contributed by atoms with Crippen LogP contribution in [0.2, 0.25) is 0 Å². The summed E-state index contributed by atoms with van der Waals surface area (Å²) >= 11 is 0. The second-order valence-corrected chi connectivity index (χ2v) is 4.24. The zero-order valence-electron chi connectivity index (χ0n) is 9.61. The van der Waals surface area contributed by atoms with Gasteiger partial charge in [0, 0.05) is 31.9 Å². The molecule has 4 nitrogen and oxygen atoms in total. The van der Waals surface area contributed by atoms with E-state index < -0.39 is 5.60 Å². The van der Waals surface area contributed by atoms with Gasteiger partial charge in [-0.15, -0.1) is 0 Å². The lowest BCUT2D eigenvalue weighted by Crippen LogP contribution is -2.35. The van der Waals surface area contributed by atoms with Gasteiger partial charge in [0.2, 0.25) is 0 Å². The van der Waals surface area contributed by atoms with Crippen molar-refractivity contribution in [3.63, 3.8) is 0 Å². The topological polar surface area (TPSA) is 64.1 Å². The van der Waals surface area contributed by atoms with Crippen molar-refractivity contribution in [2.75, 3.05) is 6.54 Å². The first-order valence-electron chi connectivity index (χ1n) is 5.51. The molecule has 1 aromatic heterocycles. The molecule has 0 aromatic carbocycles. The second kappa shape index (κ2) is 5.28. The van der Waals surface area contributed by atoms with Gasteiger partial charge in [0.1, 0.15) is 5.82 Å². The van der Waals surface area contributed by atoms with Crippen LogP contribution in [-0.4, -0.2) is 26.8 Å². The molecule has 1 unspecified atom stereocenters. The lowest BCUT2D eigenvalue weighted by atomic mass is 10.0. The van der Waals surface area contributed by atoms with Crippen molar-refractivity contribution in [2.24, 2.45) is 5.73 Å². The van der Waals surface area contributed by atoms with Gasteiger partial charge in [0.05, 0.1) is 5.60 Å². The summed E-state index contributed by atoms with van der Waals surface area (Å²) in [5.41, 5.74) is 4.70. The van der Waals surface area contributed by atoms with E-state index in [0.29, 0.717) is 13.0 Å². The van der Waals surface area contributed by atoms with Crippen LogP contribution in [0.25, 0.3) is 0 Å². The standard InChI is InChI=1S/C11H21N3O/c1-3-4-10-13-6-8-14(10)7-5-11(2,15)9-12/h6,8,15H,3-5,7,9,12H2,1-2H3. The summed E-state index contributed by atoms with van der Waals surface area (Å²) in [6.45, 7) is 4.98. The van der Waals surface area contributed by atoms with Gasteiger partial charge in [-0.05, 0) is 19.8 Å². The second-order valence-electron chi connectivity index (χ2n) is 4.24. The Morgan fingerprint density at radius 1 is 1.60 bits per heavy atom. The van der Waals surface area contributed by atoms with E-state index in [4.69, 9.17) is 5.73 Å². The third kappa shape index (κ3) is 3.64. The van der Waals surface area contributed by atoms with Gasteiger partial charge < -0.3 is 15.4 Å². The summed E-state index contributed by atoms with van der Waals surface area (Å²) in [6.07, 6.45) is 6.50. The summed E-state index contributed by atoms with van der Waals surface area (Å²) in [5, 5.41) is 9.78. The number of imidazole rings is 1. The first-order valence-corrected chi connectivity index (χ1v) is 5.51. The average molecular weight is 211 g/mol. The fourth-order valence-corrected chi connectivity index (χ4v) is 1.46. The van der Waals surface area contributed by atoms with Gasteiger partial charge in [0.25, 0.3) is 0 Å². The fourth-order valence-electron chi connectivity index (χ4n) is 1.46. The number of aryl methyl sites for hydroxylation is 2. The highest BCUT2D eigenvalue weighted by molar-refractivity contribution is 4.92. The molecule has 1 atom stereocenters. The summed E-state index contributed by atoms with van der Waals surface area (Å²) in [7, 11) is 0. The van der Waals surface area contributed by atoms with Crippen molar-refractivity contribution < 1.29 is 5.11 Å². The van der Waals surface area contributed by atoms with Crippen LogP contribution in [-0.2, 0) is 13.0 Å². The Hall–Kier alpha value is -0.870. The van der Waals surface area contributed by atoms with Crippen LogP contribution in [0.4, 0.5) is 0 Å². The minimum absolute atomic E-state index is 0.296. The molecule has 86 valence electrons. The molecule has 3 N–H and O–H groups in total. The number of rotatable bonds is 6. The predicted octanol–water partition coefficient (Wildman–Crippen LogP) is 0.935. The molecule has 15 heavy (non-hydrogen) atoms. The molecule has 1 heterocycles. The van der Waals surface area contributed by atoms with Crippen molar-refractivity contribution in [2.45, 2.75) is 45.3 Å². The molecule has 0 fully saturated rings. The Labute approximate surface area is 91.1 Å². The number of aliphatic hydroxyl groups is 1. The largest absolute Gasteiger partial charge is 0.389 e. The summed E-state index contributed by atoms with van der Waals surface area (Å²) in [5.74, 6) is 1.09. The van der Waals surface area contributed by atoms with Crippen molar-refractivity contribution in [1.82, 2.24) is 9.55 Å². The smallest absolute Gasteiger partial charge is 0.108 e. The molecule has 1 aromatic rings. The molecular weight excluding hydrogens is 190 g/mol. The van der Waals surface area contributed by atoms with E-state index in [2.05, 4.69) is 16.5 Å². The normalized spacial score (nSPS) is 15.2. The fraction of sp³-hybridized carbons (Fsp3) is 0.727. The van der Waals surface area contributed by atoms with Gasteiger partial charge in [0.15, 0.2) is 0 Å². The predicted molar refractivity (Wildman–Crippen MR) is 60.5 cm³/mol. The van der Waals surface area contributed by atoms with Gasteiger partial charge in [-0.1, -0.05) is 6.92 Å². The molecule has 0 bridgehead atoms. The Balaban J connectivity index is 2.53. The van der Waals surface area contributed by atoms with Gasteiger partial charge in [-0.3, -0.25) is 0 Å². The molecule has 0 amide bonds. The van der Waals surface area contributed by atoms with E-state index in [1.165, 1.54) is 0 Å². The lowest BCUT2D eigenvalue weighted by Gasteiger charge is -2.21. The van der Waals surface area contributed by atoms with Gasteiger partial charge >= 0.3 is 0 Å². The van der Waals surface area contributed by atoms with E-state index >= 15 is 0 Å². The quantitative estimate of drug-likeness (QED) is 0.736. The highest BCUT2D eigenvalue weighted by Gasteiger charge is 2.17. The third-order valence-corrected chi connectivity index (χ3v) is 2.61. The van der Waals surface area contributed by atoms with Gasteiger partial charge in [-0.2, -0.15) is 0 Å². The average Bonchev–Trinajstić information content (AvgIpc) is 2.64. The molecule has 0 aliphatic heterocycles. The molecule has 1 rings (SSSR count). The van der Waals surface area contributed by atoms with Gasteiger partial charge in [-0.25, -0.2) is 4.98 Å². The number of hydrogen-bond acceptors (Lipinski definition) is 3. The minimum atomic E-state index is -0.770. The Morgan fingerprint density at radius 3 is 2.93 bits per heavy atom. The third-order valence-electron chi connectivity index (χ3n) is 2.61. The maximum Gasteiger partial charge on any atom is 0.108 e. The van der Waals surface area contributed by atoms with Crippen LogP contribution in [0.15, 0.2) is 12.4 Å². The molecule has 4 heteroatoms. The maximum atomic E-state index is 9.78. The number of aromatic nitrogens is 2. The zero-order valence-corrected chi connectivity index (χ0v) is 9.61. The Morgan fingerprint density at radius 2 is 2.33 bits per heavy atom. The van der Waals surface area contributed by atoms with E-state index in [1.54, 1.807) is 6.92 Å². The van der Waals surface area contributed by atoms with E-state index in [1.807, 2.05) is 12.4 Å². The van der Waals surface area contributed by atoms with Crippen LogP contribution >= 0.6 is 0 Å². The van der Waals surface area contributed by atoms with Crippen LogP contribution in [0.3, 0.4) is 0 Å². The first kappa shape index (κ1) is 12.2. The maximum absolute atomic E-state index is 9.78. The van der Waals surface area contributed by atoms with Crippen molar-refractivity contribution >= 4 is 0 Å². The SMILES string of the molecule is CCCc1nccn1CCC(C)(O)CN. The van der Waals surface area contributed by atoms with Crippen LogP contribution < -0.4 is 5.73 Å². The van der Waals surface area contributed by atoms with E-state index in [0.717, 1.165) is 25.2 Å².